The zero-order valence-corrected chi connectivity index (χ0v) is 19.9. The van der Waals surface area contributed by atoms with E-state index in [4.69, 9.17) is 0 Å². The van der Waals surface area contributed by atoms with Crippen LogP contribution in [0, 0.1) is 11.6 Å². The second kappa shape index (κ2) is 12.4. The summed E-state index contributed by atoms with van der Waals surface area (Å²) in [5.74, 6) is -0.911. The first-order valence-electron chi connectivity index (χ1n) is 12.5. The highest BCUT2D eigenvalue weighted by Crippen LogP contribution is 2.23. The van der Waals surface area contributed by atoms with Crippen LogP contribution in [-0.2, 0) is 4.79 Å². The molecule has 1 amide bonds. The van der Waals surface area contributed by atoms with Gasteiger partial charge in [0.1, 0.15) is 11.6 Å². The molecule has 4 rings (SSSR count). The van der Waals surface area contributed by atoms with Crippen LogP contribution in [0.25, 0.3) is 0 Å². The molecule has 2 fully saturated rings. The minimum absolute atomic E-state index is 0.142. The van der Waals surface area contributed by atoms with Crippen molar-refractivity contribution in [2.24, 2.45) is 0 Å². The van der Waals surface area contributed by atoms with E-state index < -0.39 is 6.04 Å². The fourth-order valence-corrected chi connectivity index (χ4v) is 5.01. The van der Waals surface area contributed by atoms with Crippen molar-refractivity contribution in [3.05, 3.63) is 71.3 Å². The lowest BCUT2D eigenvalue weighted by molar-refractivity contribution is -0.123. The third-order valence-corrected chi connectivity index (χ3v) is 6.90. The largest absolute Gasteiger partial charge is 0.344 e. The molecule has 2 aromatic rings. The summed E-state index contributed by atoms with van der Waals surface area (Å²) in [6.45, 7) is 8.69. The molecule has 0 radical (unpaired) electrons. The summed E-state index contributed by atoms with van der Waals surface area (Å²) >= 11 is 0. The second-order valence-electron chi connectivity index (χ2n) is 9.48. The summed E-state index contributed by atoms with van der Waals surface area (Å²) in [5.41, 5.74) is 1.19. The van der Waals surface area contributed by atoms with Crippen molar-refractivity contribution in [1.82, 2.24) is 20.0 Å². The van der Waals surface area contributed by atoms with Crippen LogP contribution in [-0.4, -0.2) is 79.5 Å². The standard InChI is InChI=1S/C27H36F2N4O/c28-24-9-4-7-22(19-24)27(23-8-5-10-25(29)20-23)30-26(34)21-33-17-15-32(16-18-33)14-6-13-31-11-2-1-3-12-31/h4-5,7-10,19-20,27H,1-3,6,11-18,21H2,(H,30,34). The van der Waals surface area contributed by atoms with Gasteiger partial charge in [0, 0.05) is 26.2 Å². The number of piperazine rings is 1. The van der Waals surface area contributed by atoms with Gasteiger partial charge in [-0.3, -0.25) is 9.69 Å². The van der Waals surface area contributed by atoms with Gasteiger partial charge >= 0.3 is 0 Å². The monoisotopic (exact) mass is 470 g/mol. The van der Waals surface area contributed by atoms with Crippen LogP contribution in [0.1, 0.15) is 42.9 Å². The van der Waals surface area contributed by atoms with Gasteiger partial charge in [-0.2, -0.15) is 0 Å². The summed E-state index contributed by atoms with van der Waals surface area (Å²) in [6, 6.07) is 11.6. The predicted molar refractivity (Wildman–Crippen MR) is 131 cm³/mol. The van der Waals surface area contributed by atoms with E-state index in [9.17, 15) is 13.6 Å². The Balaban J connectivity index is 1.26. The molecule has 34 heavy (non-hydrogen) atoms. The third kappa shape index (κ3) is 7.32. The average Bonchev–Trinajstić information content (AvgIpc) is 2.84. The maximum Gasteiger partial charge on any atom is 0.234 e. The molecule has 0 bridgehead atoms. The van der Waals surface area contributed by atoms with Crippen LogP contribution < -0.4 is 5.32 Å². The van der Waals surface area contributed by atoms with Gasteiger partial charge in [0.05, 0.1) is 12.6 Å². The van der Waals surface area contributed by atoms with E-state index in [1.807, 2.05) is 0 Å². The zero-order valence-electron chi connectivity index (χ0n) is 19.9. The number of hydrogen-bond acceptors (Lipinski definition) is 4. The molecule has 184 valence electrons. The highest BCUT2D eigenvalue weighted by molar-refractivity contribution is 5.79. The Kier molecular flexibility index (Phi) is 9.02. The first-order chi connectivity index (χ1) is 16.6. The lowest BCUT2D eigenvalue weighted by Crippen LogP contribution is -2.50. The number of carbonyl (C=O) groups is 1. The number of rotatable bonds is 9. The molecule has 0 spiro atoms. The highest BCUT2D eigenvalue weighted by atomic mass is 19.1. The van der Waals surface area contributed by atoms with E-state index in [-0.39, 0.29) is 24.1 Å². The van der Waals surface area contributed by atoms with Crippen LogP contribution in [0.15, 0.2) is 48.5 Å². The number of halogens is 2. The highest BCUT2D eigenvalue weighted by Gasteiger charge is 2.22. The SMILES string of the molecule is O=C(CN1CCN(CCCN2CCCCC2)CC1)NC(c1cccc(F)c1)c1cccc(F)c1. The molecule has 2 aromatic carbocycles. The Morgan fingerprint density at radius 1 is 0.765 bits per heavy atom. The topological polar surface area (TPSA) is 38.8 Å². The van der Waals surface area contributed by atoms with Crippen molar-refractivity contribution in [2.75, 3.05) is 58.9 Å². The van der Waals surface area contributed by atoms with E-state index in [2.05, 4.69) is 20.0 Å². The Morgan fingerprint density at radius 3 is 1.85 bits per heavy atom. The molecule has 5 nitrogen and oxygen atoms in total. The normalized spacial score (nSPS) is 18.3. The van der Waals surface area contributed by atoms with Crippen LogP contribution in [0.5, 0.6) is 0 Å². The van der Waals surface area contributed by atoms with Gasteiger partial charge in [-0.1, -0.05) is 30.7 Å². The third-order valence-electron chi connectivity index (χ3n) is 6.90. The number of nitrogens with one attached hydrogen (secondary N) is 1. The predicted octanol–water partition coefficient (Wildman–Crippen LogP) is 3.66. The number of carbonyl (C=O) groups excluding carboxylic acids is 1. The Morgan fingerprint density at radius 2 is 1.29 bits per heavy atom. The van der Waals surface area contributed by atoms with Crippen LogP contribution in [0.2, 0.25) is 0 Å². The fourth-order valence-electron chi connectivity index (χ4n) is 5.01. The molecular formula is C27H36F2N4O. The molecule has 0 saturated carbocycles. The summed E-state index contributed by atoms with van der Waals surface area (Å²) in [5, 5.41) is 3.00. The van der Waals surface area contributed by atoms with E-state index in [0.29, 0.717) is 11.1 Å². The number of nitrogens with zero attached hydrogens (tertiary/aromatic N) is 3. The van der Waals surface area contributed by atoms with Crippen molar-refractivity contribution in [3.8, 4) is 0 Å². The van der Waals surface area contributed by atoms with Gasteiger partial charge in [-0.15, -0.1) is 0 Å². The van der Waals surface area contributed by atoms with Gasteiger partial charge in [0.2, 0.25) is 5.91 Å². The van der Waals surface area contributed by atoms with E-state index in [1.165, 1.54) is 69.6 Å². The summed E-state index contributed by atoms with van der Waals surface area (Å²) in [6.07, 6.45) is 5.24. The molecule has 0 aromatic heterocycles. The molecule has 2 heterocycles. The van der Waals surface area contributed by atoms with Crippen molar-refractivity contribution in [1.29, 1.82) is 0 Å². The molecule has 0 unspecified atom stereocenters. The van der Waals surface area contributed by atoms with Gasteiger partial charge in [-0.05, 0) is 80.8 Å². The maximum atomic E-state index is 13.9. The van der Waals surface area contributed by atoms with Gasteiger partial charge < -0.3 is 15.1 Å². The minimum atomic E-state index is -0.602. The number of hydrogen-bond donors (Lipinski definition) is 1. The maximum absolute atomic E-state index is 13.9. The molecule has 2 saturated heterocycles. The first-order valence-corrected chi connectivity index (χ1v) is 12.5. The van der Waals surface area contributed by atoms with Crippen molar-refractivity contribution >= 4 is 5.91 Å². The zero-order chi connectivity index (χ0) is 23.8. The molecule has 2 aliphatic rings. The average molecular weight is 471 g/mol. The lowest BCUT2D eigenvalue weighted by atomic mass is 9.98. The van der Waals surface area contributed by atoms with E-state index >= 15 is 0 Å². The summed E-state index contributed by atoms with van der Waals surface area (Å²) < 4.78 is 27.7. The Labute approximate surface area is 201 Å². The second-order valence-corrected chi connectivity index (χ2v) is 9.48. The number of amides is 1. The molecule has 2 aliphatic heterocycles. The minimum Gasteiger partial charge on any atom is -0.344 e. The van der Waals surface area contributed by atoms with Crippen molar-refractivity contribution in [3.63, 3.8) is 0 Å². The smallest absolute Gasteiger partial charge is 0.234 e. The quantitative estimate of drug-likeness (QED) is 0.607. The molecule has 7 heteroatoms. The first kappa shape index (κ1) is 24.8. The van der Waals surface area contributed by atoms with Gasteiger partial charge in [0.15, 0.2) is 0 Å². The Bertz CT molecular complexity index is 881. The van der Waals surface area contributed by atoms with Crippen LogP contribution >= 0.6 is 0 Å². The molecule has 1 N–H and O–H groups in total. The van der Waals surface area contributed by atoms with Crippen molar-refractivity contribution in [2.45, 2.75) is 31.7 Å². The Hall–Kier alpha value is -2.35. The van der Waals surface area contributed by atoms with Crippen LogP contribution in [0.4, 0.5) is 8.78 Å². The number of benzene rings is 2. The van der Waals surface area contributed by atoms with E-state index in [0.717, 1.165) is 32.7 Å². The fraction of sp³-hybridized carbons (Fsp3) is 0.519. The molecule has 0 atom stereocenters. The van der Waals surface area contributed by atoms with Crippen LogP contribution in [0.3, 0.4) is 0 Å². The van der Waals surface area contributed by atoms with E-state index in [1.54, 1.807) is 24.3 Å². The number of piperidine rings is 1. The molecule has 0 aliphatic carbocycles. The van der Waals surface area contributed by atoms with Gasteiger partial charge in [0.25, 0.3) is 0 Å². The lowest BCUT2D eigenvalue weighted by Gasteiger charge is -2.35. The van der Waals surface area contributed by atoms with Gasteiger partial charge in [-0.25, -0.2) is 8.78 Å². The molecular weight excluding hydrogens is 434 g/mol. The van der Waals surface area contributed by atoms with Crippen molar-refractivity contribution < 1.29 is 13.6 Å². The summed E-state index contributed by atoms with van der Waals surface area (Å²) in [4.78, 5) is 20.1. The number of likely N-dealkylation sites (tertiary alicyclic amines) is 1. The summed E-state index contributed by atoms with van der Waals surface area (Å²) in [7, 11) is 0.